The van der Waals surface area contributed by atoms with Gasteiger partial charge in [0, 0.05) is 23.0 Å². The minimum Gasteiger partial charge on any atom is -0.481 e. The van der Waals surface area contributed by atoms with E-state index in [1.807, 2.05) is 13.8 Å². The Labute approximate surface area is 124 Å². The Bertz CT molecular complexity index is 459. The number of hydrogen-bond acceptors (Lipinski definition) is 3. The molecule has 0 aliphatic heterocycles. The molecule has 0 aromatic heterocycles. The van der Waals surface area contributed by atoms with Crippen molar-refractivity contribution in [3.05, 3.63) is 34.9 Å². The Balaban J connectivity index is 2.81. The molecule has 2 atom stereocenters. The largest absolute Gasteiger partial charge is 0.481 e. The molecule has 0 radical (unpaired) electrons. The van der Waals surface area contributed by atoms with Crippen LogP contribution in [0.2, 0.25) is 5.02 Å². The molecule has 4 nitrogen and oxygen atoms in total. The highest BCUT2D eigenvalue weighted by Crippen LogP contribution is 2.14. The number of aliphatic carboxylic acids is 1. The van der Waals surface area contributed by atoms with Gasteiger partial charge in [-0.25, -0.2) is 0 Å². The zero-order chi connectivity index (χ0) is 15.1. The van der Waals surface area contributed by atoms with E-state index in [1.54, 1.807) is 24.3 Å². The SMILES string of the molecule is CCC(C)NC(CCC(=O)O)C(=O)c1ccc(Cl)cc1. The molecule has 2 N–H and O–H groups in total. The molecule has 0 aliphatic rings. The summed E-state index contributed by atoms with van der Waals surface area (Å²) in [5, 5.41) is 12.5. The molecule has 0 saturated carbocycles. The number of carbonyl (C=O) groups is 2. The second-order valence-electron chi connectivity index (χ2n) is 4.83. The number of halogens is 1. The molecule has 0 aliphatic carbocycles. The van der Waals surface area contributed by atoms with Gasteiger partial charge in [0.2, 0.25) is 0 Å². The summed E-state index contributed by atoms with van der Waals surface area (Å²) in [7, 11) is 0. The van der Waals surface area contributed by atoms with Crippen LogP contribution >= 0.6 is 11.6 Å². The lowest BCUT2D eigenvalue weighted by atomic mass is 9.99. The summed E-state index contributed by atoms with van der Waals surface area (Å²) in [6.07, 6.45) is 1.12. The molecule has 0 saturated heterocycles. The van der Waals surface area contributed by atoms with Gasteiger partial charge in [0.05, 0.1) is 6.04 Å². The van der Waals surface area contributed by atoms with Gasteiger partial charge in [0.25, 0.3) is 0 Å². The number of Topliss-reactive ketones (excluding diaryl/α,β-unsaturated/α-hetero) is 1. The minimum absolute atomic E-state index is 0.0343. The lowest BCUT2D eigenvalue weighted by Crippen LogP contribution is -2.42. The molecule has 1 aromatic carbocycles. The van der Waals surface area contributed by atoms with Gasteiger partial charge in [-0.05, 0) is 44.0 Å². The number of carboxylic acids is 1. The summed E-state index contributed by atoms with van der Waals surface area (Å²) in [4.78, 5) is 23.1. The summed E-state index contributed by atoms with van der Waals surface area (Å²) in [6, 6.07) is 6.32. The third-order valence-electron chi connectivity index (χ3n) is 3.19. The molecule has 1 rings (SSSR count). The van der Waals surface area contributed by atoms with Crippen LogP contribution in [-0.2, 0) is 4.79 Å². The molecule has 1 aromatic rings. The smallest absolute Gasteiger partial charge is 0.303 e. The van der Waals surface area contributed by atoms with E-state index < -0.39 is 12.0 Å². The maximum absolute atomic E-state index is 12.4. The van der Waals surface area contributed by atoms with E-state index in [4.69, 9.17) is 16.7 Å². The van der Waals surface area contributed by atoms with E-state index in [9.17, 15) is 9.59 Å². The van der Waals surface area contributed by atoms with Crippen molar-refractivity contribution in [1.82, 2.24) is 5.32 Å². The van der Waals surface area contributed by atoms with Crippen molar-refractivity contribution in [3.63, 3.8) is 0 Å². The summed E-state index contributed by atoms with van der Waals surface area (Å²) in [5.74, 6) is -0.993. The first kappa shape index (κ1) is 16.7. The van der Waals surface area contributed by atoms with Crippen LogP contribution in [0.25, 0.3) is 0 Å². The third-order valence-corrected chi connectivity index (χ3v) is 3.44. The summed E-state index contributed by atoms with van der Waals surface area (Å²) in [6.45, 7) is 3.99. The Kier molecular flexibility index (Phi) is 6.68. The standard InChI is InChI=1S/C15H20ClNO3/c1-3-10(2)17-13(8-9-14(18)19)15(20)11-4-6-12(16)7-5-11/h4-7,10,13,17H,3,8-9H2,1-2H3,(H,18,19). The molecule has 0 heterocycles. The minimum atomic E-state index is -0.898. The van der Waals surface area contributed by atoms with E-state index in [2.05, 4.69) is 5.32 Å². The van der Waals surface area contributed by atoms with Crippen LogP contribution in [0.15, 0.2) is 24.3 Å². The summed E-state index contributed by atoms with van der Waals surface area (Å²) >= 11 is 5.80. The molecular formula is C15H20ClNO3. The van der Waals surface area contributed by atoms with Crippen LogP contribution in [-0.4, -0.2) is 28.9 Å². The quantitative estimate of drug-likeness (QED) is 0.723. The average Bonchev–Trinajstić information content (AvgIpc) is 2.43. The van der Waals surface area contributed by atoms with Crippen LogP contribution in [0.1, 0.15) is 43.5 Å². The van der Waals surface area contributed by atoms with Crippen molar-refractivity contribution in [2.45, 2.75) is 45.2 Å². The highest BCUT2D eigenvalue weighted by atomic mass is 35.5. The van der Waals surface area contributed by atoms with E-state index >= 15 is 0 Å². The topological polar surface area (TPSA) is 66.4 Å². The predicted molar refractivity (Wildman–Crippen MR) is 79.3 cm³/mol. The van der Waals surface area contributed by atoms with Gasteiger partial charge in [-0.3, -0.25) is 9.59 Å². The van der Waals surface area contributed by atoms with Gasteiger partial charge < -0.3 is 10.4 Å². The first-order valence-electron chi connectivity index (χ1n) is 6.71. The zero-order valence-electron chi connectivity index (χ0n) is 11.7. The number of carbonyl (C=O) groups excluding carboxylic acids is 1. The van der Waals surface area contributed by atoms with E-state index in [-0.39, 0.29) is 24.7 Å². The first-order valence-corrected chi connectivity index (χ1v) is 7.09. The Morgan fingerprint density at radius 3 is 2.40 bits per heavy atom. The van der Waals surface area contributed by atoms with Gasteiger partial charge >= 0.3 is 5.97 Å². The zero-order valence-corrected chi connectivity index (χ0v) is 12.5. The van der Waals surface area contributed by atoms with E-state index in [0.29, 0.717) is 10.6 Å². The summed E-state index contributed by atoms with van der Waals surface area (Å²) < 4.78 is 0. The van der Waals surface area contributed by atoms with Crippen molar-refractivity contribution in [2.24, 2.45) is 0 Å². The van der Waals surface area contributed by atoms with Gasteiger partial charge in [-0.2, -0.15) is 0 Å². The molecule has 0 bridgehead atoms. The van der Waals surface area contributed by atoms with Crippen molar-refractivity contribution < 1.29 is 14.7 Å². The number of carboxylic acid groups (broad SMARTS) is 1. The molecule has 2 unspecified atom stereocenters. The Hall–Kier alpha value is -1.39. The number of nitrogens with one attached hydrogen (secondary N) is 1. The number of rotatable bonds is 8. The maximum atomic E-state index is 12.4. The maximum Gasteiger partial charge on any atom is 0.303 e. The molecule has 0 amide bonds. The fraction of sp³-hybridized carbons (Fsp3) is 0.467. The fourth-order valence-electron chi connectivity index (χ4n) is 1.83. The third kappa shape index (κ3) is 5.31. The normalized spacial score (nSPS) is 13.8. The highest BCUT2D eigenvalue weighted by molar-refractivity contribution is 6.30. The number of hydrogen-bond donors (Lipinski definition) is 2. The van der Waals surface area contributed by atoms with Crippen LogP contribution in [0.3, 0.4) is 0 Å². The van der Waals surface area contributed by atoms with Gasteiger partial charge in [0.1, 0.15) is 0 Å². The highest BCUT2D eigenvalue weighted by Gasteiger charge is 2.22. The van der Waals surface area contributed by atoms with Crippen LogP contribution in [0.4, 0.5) is 0 Å². The molecule has 0 spiro atoms. The second-order valence-corrected chi connectivity index (χ2v) is 5.27. The van der Waals surface area contributed by atoms with Gasteiger partial charge in [0.15, 0.2) is 5.78 Å². The van der Waals surface area contributed by atoms with Crippen LogP contribution < -0.4 is 5.32 Å². The van der Waals surface area contributed by atoms with E-state index in [1.165, 1.54) is 0 Å². The Morgan fingerprint density at radius 2 is 1.90 bits per heavy atom. The average molecular weight is 298 g/mol. The van der Waals surface area contributed by atoms with Gasteiger partial charge in [-0.15, -0.1) is 0 Å². The van der Waals surface area contributed by atoms with Crippen LogP contribution in [0, 0.1) is 0 Å². The van der Waals surface area contributed by atoms with Crippen LogP contribution in [0.5, 0.6) is 0 Å². The number of ketones is 1. The van der Waals surface area contributed by atoms with Crippen molar-refractivity contribution in [3.8, 4) is 0 Å². The van der Waals surface area contributed by atoms with Crippen molar-refractivity contribution >= 4 is 23.4 Å². The van der Waals surface area contributed by atoms with E-state index in [0.717, 1.165) is 6.42 Å². The fourth-order valence-corrected chi connectivity index (χ4v) is 1.96. The molecule has 5 heteroatoms. The van der Waals surface area contributed by atoms with Crippen molar-refractivity contribution in [2.75, 3.05) is 0 Å². The molecule has 0 fully saturated rings. The van der Waals surface area contributed by atoms with Crippen molar-refractivity contribution in [1.29, 1.82) is 0 Å². The Morgan fingerprint density at radius 1 is 1.30 bits per heavy atom. The lowest BCUT2D eigenvalue weighted by Gasteiger charge is -2.21. The second kappa shape index (κ2) is 8.02. The number of benzene rings is 1. The predicted octanol–water partition coefficient (Wildman–Crippen LogP) is 3.14. The molecule has 110 valence electrons. The monoisotopic (exact) mass is 297 g/mol. The summed E-state index contributed by atoms with van der Waals surface area (Å²) in [5.41, 5.74) is 0.542. The molecule has 20 heavy (non-hydrogen) atoms. The molecular weight excluding hydrogens is 278 g/mol. The van der Waals surface area contributed by atoms with Gasteiger partial charge in [-0.1, -0.05) is 18.5 Å². The first-order chi connectivity index (χ1) is 9.43. The lowest BCUT2D eigenvalue weighted by molar-refractivity contribution is -0.137.